The smallest absolute Gasteiger partial charge is 0.267 e. The van der Waals surface area contributed by atoms with E-state index in [2.05, 4.69) is 9.98 Å². The van der Waals surface area contributed by atoms with Crippen LogP contribution in [0.25, 0.3) is 0 Å². The minimum Gasteiger partial charge on any atom is -0.307 e. The second kappa shape index (κ2) is 2.73. The summed E-state index contributed by atoms with van der Waals surface area (Å²) in [6.07, 6.45) is 3.19. The maximum absolute atomic E-state index is 10.8. The van der Waals surface area contributed by atoms with Gasteiger partial charge < -0.3 is 4.90 Å². The van der Waals surface area contributed by atoms with Crippen LogP contribution in [-0.2, 0) is 4.79 Å². The van der Waals surface area contributed by atoms with Crippen molar-refractivity contribution in [1.82, 2.24) is 4.98 Å². The molecule has 0 atom stereocenters. The Labute approximate surface area is 69.6 Å². The Morgan fingerprint density at radius 1 is 1.42 bits per heavy atom. The van der Waals surface area contributed by atoms with E-state index in [1.165, 1.54) is 6.34 Å². The fourth-order valence-electron chi connectivity index (χ4n) is 1.03. The van der Waals surface area contributed by atoms with Gasteiger partial charge in [0.05, 0.1) is 0 Å². The fraction of sp³-hybridized carbons (Fsp3) is 0.125. The van der Waals surface area contributed by atoms with Crippen molar-refractivity contribution in [3.8, 4) is 0 Å². The molecular weight excluding hydrogens is 154 g/mol. The zero-order valence-corrected chi connectivity index (χ0v) is 6.34. The van der Waals surface area contributed by atoms with Crippen molar-refractivity contribution in [2.45, 2.75) is 0 Å². The summed E-state index contributed by atoms with van der Waals surface area (Å²) in [6.45, 7) is 0.303. The molecule has 0 radical (unpaired) electrons. The zero-order chi connectivity index (χ0) is 8.39. The average Bonchev–Trinajstić information content (AvgIpc) is 2.54. The second-order valence-corrected chi connectivity index (χ2v) is 2.45. The number of hydrogen-bond donors (Lipinski definition) is 0. The molecule has 60 valence electrons. The summed E-state index contributed by atoms with van der Waals surface area (Å²) in [5.74, 6) is 0.632. The van der Waals surface area contributed by atoms with Gasteiger partial charge in [0, 0.05) is 6.20 Å². The standard InChI is InChI=1S/C8H7N3O/c12-8-5-11(6-10-8)7-3-1-2-4-9-7/h1-4,6H,5H2. The van der Waals surface area contributed by atoms with Crippen molar-refractivity contribution in [2.75, 3.05) is 11.4 Å². The van der Waals surface area contributed by atoms with E-state index in [4.69, 9.17) is 0 Å². The van der Waals surface area contributed by atoms with E-state index in [1.54, 1.807) is 11.1 Å². The van der Waals surface area contributed by atoms with Crippen molar-refractivity contribution in [2.24, 2.45) is 4.99 Å². The first-order valence-electron chi connectivity index (χ1n) is 3.61. The number of aromatic nitrogens is 1. The Morgan fingerprint density at radius 3 is 2.92 bits per heavy atom. The highest BCUT2D eigenvalue weighted by Crippen LogP contribution is 2.09. The summed E-state index contributed by atoms with van der Waals surface area (Å²) >= 11 is 0. The molecule has 1 aliphatic rings. The van der Waals surface area contributed by atoms with Gasteiger partial charge in [0.2, 0.25) is 0 Å². The molecule has 1 aliphatic heterocycles. The largest absolute Gasteiger partial charge is 0.307 e. The van der Waals surface area contributed by atoms with Gasteiger partial charge in [0.25, 0.3) is 5.91 Å². The lowest BCUT2D eigenvalue weighted by atomic mass is 10.4. The zero-order valence-electron chi connectivity index (χ0n) is 6.34. The Bertz CT molecular complexity index is 320. The van der Waals surface area contributed by atoms with Crippen LogP contribution in [0.15, 0.2) is 29.4 Å². The molecular formula is C8H7N3O. The van der Waals surface area contributed by atoms with Gasteiger partial charge in [0.15, 0.2) is 0 Å². The summed E-state index contributed by atoms with van der Waals surface area (Å²) < 4.78 is 0. The SMILES string of the molecule is O=C1CN(c2ccccn2)C=N1. The summed E-state index contributed by atoms with van der Waals surface area (Å²) in [5.41, 5.74) is 0. The summed E-state index contributed by atoms with van der Waals surface area (Å²) in [5, 5.41) is 0. The van der Waals surface area contributed by atoms with E-state index >= 15 is 0 Å². The number of aliphatic imine (C=N–C) groups is 1. The molecule has 1 aromatic rings. The first-order chi connectivity index (χ1) is 5.86. The highest BCUT2D eigenvalue weighted by Gasteiger charge is 2.14. The molecule has 4 nitrogen and oxygen atoms in total. The summed E-state index contributed by atoms with van der Waals surface area (Å²) in [6, 6.07) is 5.54. The lowest BCUT2D eigenvalue weighted by molar-refractivity contribution is -0.115. The van der Waals surface area contributed by atoms with Crippen molar-refractivity contribution >= 4 is 18.1 Å². The minimum atomic E-state index is -0.124. The molecule has 0 aliphatic carbocycles. The van der Waals surface area contributed by atoms with Crippen molar-refractivity contribution in [3.63, 3.8) is 0 Å². The predicted molar refractivity (Wildman–Crippen MR) is 45.1 cm³/mol. The van der Waals surface area contributed by atoms with Crippen LogP contribution in [0, 0.1) is 0 Å². The summed E-state index contributed by atoms with van der Waals surface area (Å²) in [4.78, 5) is 20.2. The average molecular weight is 161 g/mol. The normalized spacial score (nSPS) is 15.7. The van der Waals surface area contributed by atoms with Gasteiger partial charge >= 0.3 is 0 Å². The first-order valence-corrected chi connectivity index (χ1v) is 3.61. The number of hydrogen-bond acceptors (Lipinski definition) is 3. The van der Waals surface area contributed by atoms with E-state index in [0.29, 0.717) is 6.54 Å². The van der Waals surface area contributed by atoms with E-state index in [0.717, 1.165) is 5.82 Å². The van der Waals surface area contributed by atoms with Crippen LogP contribution < -0.4 is 4.90 Å². The second-order valence-electron chi connectivity index (χ2n) is 2.45. The molecule has 0 saturated carbocycles. The fourth-order valence-corrected chi connectivity index (χ4v) is 1.03. The number of pyridine rings is 1. The molecule has 2 rings (SSSR count). The lowest BCUT2D eigenvalue weighted by Gasteiger charge is -2.09. The van der Waals surface area contributed by atoms with Crippen molar-refractivity contribution < 1.29 is 4.79 Å². The number of rotatable bonds is 1. The third kappa shape index (κ3) is 1.18. The predicted octanol–water partition coefficient (Wildman–Crippen LogP) is 0.456. The number of carbonyl (C=O) groups excluding carboxylic acids is 1. The van der Waals surface area contributed by atoms with Crippen LogP contribution in [0.2, 0.25) is 0 Å². The van der Waals surface area contributed by atoms with Crippen molar-refractivity contribution in [1.29, 1.82) is 0 Å². The van der Waals surface area contributed by atoms with Gasteiger partial charge in [-0.15, -0.1) is 0 Å². The third-order valence-electron chi connectivity index (χ3n) is 1.59. The molecule has 1 aromatic heterocycles. The summed E-state index contributed by atoms with van der Waals surface area (Å²) in [7, 11) is 0. The van der Waals surface area contributed by atoms with Gasteiger partial charge in [0.1, 0.15) is 18.7 Å². The molecule has 4 heteroatoms. The monoisotopic (exact) mass is 161 g/mol. The van der Waals surface area contributed by atoms with Crippen LogP contribution in [0.4, 0.5) is 5.82 Å². The molecule has 0 bridgehead atoms. The molecule has 0 unspecified atom stereocenters. The molecule has 12 heavy (non-hydrogen) atoms. The van der Waals surface area contributed by atoms with Crippen LogP contribution in [0.1, 0.15) is 0 Å². The first kappa shape index (κ1) is 6.97. The highest BCUT2D eigenvalue weighted by atomic mass is 16.2. The van der Waals surface area contributed by atoms with Crippen LogP contribution in [0.3, 0.4) is 0 Å². The molecule has 0 N–H and O–H groups in total. The van der Waals surface area contributed by atoms with E-state index in [1.807, 2.05) is 18.2 Å². The quantitative estimate of drug-likeness (QED) is 0.601. The molecule has 0 aromatic carbocycles. The van der Waals surface area contributed by atoms with E-state index in [-0.39, 0.29) is 5.91 Å². The van der Waals surface area contributed by atoms with Gasteiger partial charge in [-0.1, -0.05) is 6.07 Å². The molecule has 0 spiro atoms. The maximum Gasteiger partial charge on any atom is 0.267 e. The number of nitrogens with zero attached hydrogens (tertiary/aromatic N) is 3. The Balaban J connectivity index is 2.23. The number of amides is 1. The molecule has 2 heterocycles. The lowest BCUT2D eigenvalue weighted by Crippen LogP contribution is -2.20. The maximum atomic E-state index is 10.8. The van der Waals surface area contributed by atoms with Crippen LogP contribution in [-0.4, -0.2) is 23.8 Å². The molecule has 0 fully saturated rings. The van der Waals surface area contributed by atoms with Crippen LogP contribution in [0.5, 0.6) is 0 Å². The van der Waals surface area contributed by atoms with Crippen LogP contribution >= 0.6 is 0 Å². The molecule has 1 amide bonds. The van der Waals surface area contributed by atoms with Gasteiger partial charge in [-0.25, -0.2) is 9.98 Å². The topological polar surface area (TPSA) is 45.6 Å². The van der Waals surface area contributed by atoms with Gasteiger partial charge in [-0.3, -0.25) is 4.79 Å². The minimum absolute atomic E-state index is 0.124. The Kier molecular flexibility index (Phi) is 1.59. The highest BCUT2D eigenvalue weighted by molar-refractivity contribution is 6.01. The Morgan fingerprint density at radius 2 is 2.33 bits per heavy atom. The van der Waals surface area contributed by atoms with Gasteiger partial charge in [-0.2, -0.15) is 0 Å². The number of carbonyl (C=O) groups is 1. The number of anilines is 1. The van der Waals surface area contributed by atoms with E-state index in [9.17, 15) is 4.79 Å². The third-order valence-corrected chi connectivity index (χ3v) is 1.59. The molecule has 0 saturated heterocycles. The van der Waals surface area contributed by atoms with Crippen molar-refractivity contribution in [3.05, 3.63) is 24.4 Å². The Hall–Kier alpha value is -1.71. The van der Waals surface area contributed by atoms with E-state index < -0.39 is 0 Å². The van der Waals surface area contributed by atoms with Gasteiger partial charge in [-0.05, 0) is 12.1 Å².